The molecule has 0 spiro atoms. The molecule has 0 unspecified atom stereocenters. The highest BCUT2D eigenvalue weighted by molar-refractivity contribution is 5.22. The van der Waals surface area contributed by atoms with Gasteiger partial charge in [-0.05, 0) is 18.2 Å². The third kappa shape index (κ3) is 2.78. The molecule has 1 aromatic heterocycles. The molecule has 0 aliphatic heterocycles. The van der Waals surface area contributed by atoms with Crippen molar-refractivity contribution in [2.75, 3.05) is 0 Å². The van der Waals surface area contributed by atoms with Gasteiger partial charge in [-0.3, -0.25) is 4.68 Å². The number of nitrogens with zero attached hydrogens (tertiary/aromatic N) is 2. The smallest absolute Gasteiger partial charge is 0.259 e. The van der Waals surface area contributed by atoms with Gasteiger partial charge in [0.1, 0.15) is 23.0 Å². The van der Waals surface area contributed by atoms with Gasteiger partial charge in [0.15, 0.2) is 0 Å². The Hall–Kier alpha value is -1.99. The van der Waals surface area contributed by atoms with E-state index >= 15 is 0 Å². The fraction of sp³-hybridized carbons (Fsp3) is 0.250. The topological polar surface area (TPSA) is 17.8 Å². The van der Waals surface area contributed by atoms with Crippen molar-refractivity contribution in [3.8, 4) is 0 Å². The molecular weight excluding hydrogens is 286 g/mol. The standard InChI is InChI=1S/C12H8F6N2/c13-7-2-1-3-8(14)6(7)5-20-10(12(17)18)4-9(19-20)11(15)16/h1-4,11-12H,5H2. The summed E-state index contributed by atoms with van der Waals surface area (Å²) in [5.41, 5.74) is -2.20. The van der Waals surface area contributed by atoms with E-state index in [0.29, 0.717) is 10.7 Å². The first-order valence-electron chi connectivity index (χ1n) is 5.47. The van der Waals surface area contributed by atoms with Crippen molar-refractivity contribution in [1.29, 1.82) is 0 Å². The van der Waals surface area contributed by atoms with Crippen LogP contribution >= 0.6 is 0 Å². The minimum atomic E-state index is -3.08. The molecule has 0 N–H and O–H groups in total. The van der Waals surface area contributed by atoms with E-state index in [9.17, 15) is 26.3 Å². The van der Waals surface area contributed by atoms with Gasteiger partial charge in [-0.25, -0.2) is 26.3 Å². The number of alkyl halides is 4. The summed E-state index contributed by atoms with van der Waals surface area (Å²) in [7, 11) is 0. The molecule has 1 heterocycles. The van der Waals surface area contributed by atoms with E-state index in [1.54, 1.807) is 0 Å². The molecule has 0 atom stereocenters. The first-order valence-corrected chi connectivity index (χ1v) is 5.47. The Morgan fingerprint density at radius 2 is 1.60 bits per heavy atom. The van der Waals surface area contributed by atoms with E-state index in [1.165, 1.54) is 0 Å². The van der Waals surface area contributed by atoms with Crippen LogP contribution < -0.4 is 0 Å². The molecule has 0 amide bonds. The van der Waals surface area contributed by atoms with Crippen molar-refractivity contribution in [1.82, 2.24) is 9.78 Å². The van der Waals surface area contributed by atoms with Crippen molar-refractivity contribution in [3.63, 3.8) is 0 Å². The zero-order valence-corrected chi connectivity index (χ0v) is 9.83. The summed E-state index contributed by atoms with van der Waals surface area (Å²) in [6, 6.07) is 3.51. The first-order chi connectivity index (χ1) is 9.40. The van der Waals surface area contributed by atoms with Gasteiger partial charge in [-0.15, -0.1) is 0 Å². The Morgan fingerprint density at radius 1 is 1.00 bits per heavy atom. The summed E-state index contributed by atoms with van der Waals surface area (Å²) in [4.78, 5) is 0. The largest absolute Gasteiger partial charge is 0.282 e. The fourth-order valence-electron chi connectivity index (χ4n) is 1.69. The lowest BCUT2D eigenvalue weighted by Gasteiger charge is -2.08. The van der Waals surface area contributed by atoms with E-state index in [4.69, 9.17) is 0 Å². The molecule has 20 heavy (non-hydrogen) atoms. The van der Waals surface area contributed by atoms with Crippen LogP contribution in [0.2, 0.25) is 0 Å². The summed E-state index contributed by atoms with van der Waals surface area (Å²) in [5, 5.41) is 3.26. The third-order valence-electron chi connectivity index (χ3n) is 2.65. The molecular formula is C12H8F6N2. The van der Waals surface area contributed by atoms with Crippen LogP contribution in [0.15, 0.2) is 24.3 Å². The maximum absolute atomic E-state index is 13.4. The van der Waals surface area contributed by atoms with E-state index in [-0.39, 0.29) is 0 Å². The maximum atomic E-state index is 13.4. The minimum absolute atomic E-state index is 0.480. The number of hydrogen-bond donors (Lipinski definition) is 0. The quantitative estimate of drug-likeness (QED) is 0.777. The van der Waals surface area contributed by atoms with Gasteiger partial charge in [0.2, 0.25) is 0 Å². The number of halogens is 6. The lowest BCUT2D eigenvalue weighted by molar-refractivity contribution is 0.139. The number of hydrogen-bond acceptors (Lipinski definition) is 1. The molecule has 0 saturated carbocycles. The number of aromatic nitrogens is 2. The predicted molar refractivity (Wildman–Crippen MR) is 57.6 cm³/mol. The molecule has 0 aliphatic rings. The molecule has 0 fully saturated rings. The van der Waals surface area contributed by atoms with Gasteiger partial charge in [0.25, 0.3) is 12.9 Å². The Balaban J connectivity index is 2.42. The molecule has 108 valence electrons. The van der Waals surface area contributed by atoms with Crippen LogP contribution in [-0.4, -0.2) is 9.78 Å². The average Bonchev–Trinajstić information content (AvgIpc) is 2.78. The number of rotatable bonds is 4. The van der Waals surface area contributed by atoms with Gasteiger partial charge >= 0.3 is 0 Å². The zero-order chi connectivity index (χ0) is 14.9. The molecule has 1 aromatic carbocycles. The van der Waals surface area contributed by atoms with Crippen LogP contribution in [0, 0.1) is 11.6 Å². The monoisotopic (exact) mass is 294 g/mol. The highest BCUT2D eigenvalue weighted by Gasteiger charge is 2.22. The Kier molecular flexibility index (Phi) is 4.01. The first kappa shape index (κ1) is 14.4. The Morgan fingerprint density at radius 3 is 2.10 bits per heavy atom. The van der Waals surface area contributed by atoms with Crippen LogP contribution in [-0.2, 0) is 6.54 Å². The normalized spacial score (nSPS) is 11.6. The number of benzene rings is 1. The van der Waals surface area contributed by atoms with Crippen LogP contribution in [0.3, 0.4) is 0 Å². The Bertz CT molecular complexity index is 588. The van der Waals surface area contributed by atoms with Crippen LogP contribution in [0.4, 0.5) is 26.3 Å². The summed E-state index contributed by atoms with van der Waals surface area (Å²) in [6.07, 6.45) is -6.12. The van der Waals surface area contributed by atoms with Gasteiger partial charge in [-0.2, -0.15) is 5.10 Å². The molecule has 0 saturated heterocycles. The summed E-state index contributed by atoms with van der Waals surface area (Å²) < 4.78 is 77.6. The fourth-order valence-corrected chi connectivity index (χ4v) is 1.69. The molecule has 2 aromatic rings. The average molecular weight is 294 g/mol. The van der Waals surface area contributed by atoms with Crippen LogP contribution in [0.5, 0.6) is 0 Å². The molecule has 8 heteroatoms. The zero-order valence-electron chi connectivity index (χ0n) is 9.83. The van der Waals surface area contributed by atoms with Gasteiger partial charge in [0, 0.05) is 5.56 Å². The van der Waals surface area contributed by atoms with Crippen molar-refractivity contribution in [2.24, 2.45) is 0 Å². The molecule has 0 radical (unpaired) electrons. The van der Waals surface area contributed by atoms with Crippen molar-refractivity contribution >= 4 is 0 Å². The van der Waals surface area contributed by atoms with E-state index in [1.807, 2.05) is 0 Å². The minimum Gasteiger partial charge on any atom is -0.259 e. The molecule has 2 nitrogen and oxygen atoms in total. The second kappa shape index (κ2) is 5.56. The molecule has 2 rings (SSSR count). The SMILES string of the molecule is Fc1cccc(F)c1Cn1nc(C(F)F)cc1C(F)F. The maximum Gasteiger partial charge on any atom is 0.282 e. The Labute approximate surface area is 109 Å². The van der Waals surface area contributed by atoms with E-state index in [2.05, 4.69) is 5.10 Å². The molecule has 0 bridgehead atoms. The summed E-state index contributed by atoms with van der Waals surface area (Å²) in [6.45, 7) is -0.690. The van der Waals surface area contributed by atoms with Crippen LogP contribution in [0.25, 0.3) is 0 Å². The van der Waals surface area contributed by atoms with Crippen molar-refractivity contribution in [2.45, 2.75) is 19.4 Å². The highest BCUT2D eigenvalue weighted by Crippen LogP contribution is 2.26. The lowest BCUT2D eigenvalue weighted by atomic mass is 10.2. The van der Waals surface area contributed by atoms with Gasteiger partial charge in [-0.1, -0.05) is 6.07 Å². The van der Waals surface area contributed by atoms with Gasteiger partial charge in [0.05, 0.1) is 6.54 Å². The third-order valence-corrected chi connectivity index (χ3v) is 2.65. The van der Waals surface area contributed by atoms with Gasteiger partial charge < -0.3 is 0 Å². The van der Waals surface area contributed by atoms with Crippen molar-refractivity contribution < 1.29 is 26.3 Å². The van der Waals surface area contributed by atoms with E-state index in [0.717, 1.165) is 18.2 Å². The van der Waals surface area contributed by atoms with Crippen LogP contribution in [0.1, 0.15) is 29.8 Å². The molecule has 0 aliphatic carbocycles. The predicted octanol–water partition coefficient (Wildman–Crippen LogP) is 4.08. The summed E-state index contributed by atoms with van der Waals surface area (Å²) >= 11 is 0. The van der Waals surface area contributed by atoms with E-state index < -0.39 is 48.0 Å². The second-order valence-electron chi connectivity index (χ2n) is 3.95. The summed E-state index contributed by atoms with van der Waals surface area (Å²) in [5.74, 6) is -1.92. The highest BCUT2D eigenvalue weighted by atomic mass is 19.3. The lowest BCUT2D eigenvalue weighted by Crippen LogP contribution is -2.10. The van der Waals surface area contributed by atoms with Crippen molar-refractivity contribution in [3.05, 3.63) is 52.9 Å². The second-order valence-corrected chi connectivity index (χ2v) is 3.95.